The van der Waals surface area contributed by atoms with Gasteiger partial charge in [-0.15, -0.1) is 0 Å². The van der Waals surface area contributed by atoms with Gasteiger partial charge in [0.1, 0.15) is 0 Å². The minimum Gasteiger partial charge on any atom is -0.278 e. The van der Waals surface area contributed by atoms with Gasteiger partial charge in [0.15, 0.2) is 0 Å². The summed E-state index contributed by atoms with van der Waals surface area (Å²) in [4.78, 5) is 11.9. The fourth-order valence-electron chi connectivity index (χ4n) is 1.73. The van der Waals surface area contributed by atoms with Gasteiger partial charge < -0.3 is 0 Å². The van der Waals surface area contributed by atoms with Crippen molar-refractivity contribution in [2.45, 2.75) is 20.8 Å². The predicted octanol–water partition coefficient (Wildman–Crippen LogP) is 3.59. The molecule has 5 heteroatoms. The van der Waals surface area contributed by atoms with Crippen LogP contribution >= 0.6 is 0 Å². The molecule has 0 unspecified atom stereocenters. The topological polar surface area (TPSA) is 65.8 Å². The lowest BCUT2D eigenvalue weighted by atomic mass is 10.2. The zero-order chi connectivity index (χ0) is 16.7. The maximum absolute atomic E-state index is 11.9. The fraction of sp³-hybridized carbons (Fsp3) is 0.167. The van der Waals surface area contributed by atoms with Crippen molar-refractivity contribution in [1.82, 2.24) is 5.43 Å². The molecule has 118 valence electrons. The highest BCUT2D eigenvalue weighted by Crippen LogP contribution is 2.08. The van der Waals surface area contributed by atoms with Crippen LogP contribution < -0.4 is 10.9 Å². The van der Waals surface area contributed by atoms with Crippen molar-refractivity contribution in [2.75, 3.05) is 5.43 Å². The van der Waals surface area contributed by atoms with Crippen molar-refractivity contribution >= 4 is 23.0 Å². The number of nitrogens with zero attached hydrogens (tertiary/aromatic N) is 2. The highest BCUT2D eigenvalue weighted by molar-refractivity contribution is 6.40. The zero-order valence-electron chi connectivity index (χ0n) is 13.5. The number of anilines is 1. The Morgan fingerprint density at radius 3 is 2.13 bits per heavy atom. The fourth-order valence-corrected chi connectivity index (χ4v) is 1.73. The van der Waals surface area contributed by atoms with Gasteiger partial charge in [0.05, 0.1) is 17.1 Å². The highest BCUT2D eigenvalue weighted by Gasteiger charge is 2.04. The van der Waals surface area contributed by atoms with E-state index in [1.54, 1.807) is 19.1 Å². The molecular formula is C18H20N4O. The second kappa shape index (κ2) is 7.89. The smallest absolute Gasteiger partial charge is 0.271 e. The van der Waals surface area contributed by atoms with Crippen LogP contribution in [-0.2, 0) is 0 Å². The van der Waals surface area contributed by atoms with Gasteiger partial charge in [0.25, 0.3) is 5.91 Å². The first-order valence-corrected chi connectivity index (χ1v) is 7.33. The minimum atomic E-state index is -0.246. The minimum absolute atomic E-state index is 0.246. The molecule has 0 saturated heterocycles. The molecule has 0 bridgehead atoms. The van der Waals surface area contributed by atoms with E-state index in [1.807, 2.05) is 56.3 Å². The number of aryl methyl sites for hydroxylation is 1. The molecule has 0 aliphatic heterocycles. The van der Waals surface area contributed by atoms with Crippen LogP contribution in [0.5, 0.6) is 0 Å². The number of rotatable bonds is 5. The van der Waals surface area contributed by atoms with Gasteiger partial charge in [-0.1, -0.05) is 35.9 Å². The number of carbonyl (C=O) groups is 1. The van der Waals surface area contributed by atoms with Crippen LogP contribution in [-0.4, -0.2) is 17.3 Å². The number of hydrogen-bond donors (Lipinski definition) is 2. The molecule has 0 atom stereocenters. The monoisotopic (exact) mass is 308 g/mol. The van der Waals surface area contributed by atoms with Gasteiger partial charge in [0.2, 0.25) is 0 Å². The summed E-state index contributed by atoms with van der Waals surface area (Å²) in [6.07, 6.45) is 0. The van der Waals surface area contributed by atoms with Gasteiger partial charge in [-0.05, 0) is 45.0 Å². The molecule has 23 heavy (non-hydrogen) atoms. The Labute approximate surface area is 136 Å². The summed E-state index contributed by atoms with van der Waals surface area (Å²) < 4.78 is 0. The maximum atomic E-state index is 11.9. The van der Waals surface area contributed by atoms with Crippen LogP contribution in [0.1, 0.15) is 29.8 Å². The van der Waals surface area contributed by atoms with Gasteiger partial charge in [0, 0.05) is 5.56 Å². The lowest BCUT2D eigenvalue weighted by Crippen LogP contribution is -2.21. The normalized spacial score (nSPS) is 12.0. The first-order chi connectivity index (χ1) is 11.1. The van der Waals surface area contributed by atoms with Crippen LogP contribution in [0.15, 0.2) is 64.8 Å². The quantitative estimate of drug-likeness (QED) is 0.655. The van der Waals surface area contributed by atoms with Crippen LogP contribution in [0.2, 0.25) is 0 Å². The average Bonchev–Trinajstić information content (AvgIpc) is 2.59. The third kappa shape index (κ3) is 5.07. The molecule has 0 aliphatic rings. The summed E-state index contributed by atoms with van der Waals surface area (Å²) in [6.45, 7) is 5.65. The van der Waals surface area contributed by atoms with Crippen LogP contribution in [0.4, 0.5) is 5.69 Å². The molecular weight excluding hydrogens is 288 g/mol. The highest BCUT2D eigenvalue weighted by atomic mass is 16.2. The Bertz CT molecular complexity index is 718. The molecule has 2 rings (SSSR count). The molecule has 0 spiro atoms. The molecule has 2 N–H and O–H groups in total. The third-order valence-electron chi connectivity index (χ3n) is 3.29. The number of nitrogens with one attached hydrogen (secondary N) is 2. The van der Waals surface area contributed by atoms with Crippen molar-refractivity contribution in [3.8, 4) is 0 Å². The lowest BCUT2D eigenvalue weighted by Gasteiger charge is -2.04. The van der Waals surface area contributed by atoms with Gasteiger partial charge in [-0.25, -0.2) is 5.43 Å². The molecule has 0 aliphatic carbocycles. The summed E-state index contributed by atoms with van der Waals surface area (Å²) in [5, 5.41) is 8.33. The number of amides is 1. The molecule has 2 aromatic carbocycles. The molecule has 1 amide bonds. The Kier molecular flexibility index (Phi) is 5.63. The molecule has 0 saturated carbocycles. The maximum Gasteiger partial charge on any atom is 0.271 e. The van der Waals surface area contributed by atoms with E-state index in [0.717, 1.165) is 5.69 Å². The summed E-state index contributed by atoms with van der Waals surface area (Å²) in [6, 6.07) is 16.9. The van der Waals surface area contributed by atoms with E-state index in [1.165, 1.54) is 5.56 Å². The molecule has 0 heterocycles. The number of benzene rings is 2. The van der Waals surface area contributed by atoms with Crippen molar-refractivity contribution in [1.29, 1.82) is 0 Å². The number of carbonyl (C=O) groups excluding carboxylic acids is 1. The predicted molar refractivity (Wildman–Crippen MR) is 94.9 cm³/mol. The van der Waals surface area contributed by atoms with E-state index in [0.29, 0.717) is 17.0 Å². The Balaban J connectivity index is 1.95. The zero-order valence-corrected chi connectivity index (χ0v) is 13.5. The summed E-state index contributed by atoms with van der Waals surface area (Å²) in [5.41, 5.74) is 9.48. The van der Waals surface area contributed by atoms with Crippen molar-refractivity contribution in [3.05, 3.63) is 65.7 Å². The first kappa shape index (κ1) is 16.4. The van der Waals surface area contributed by atoms with Gasteiger partial charge >= 0.3 is 0 Å². The second-order valence-electron chi connectivity index (χ2n) is 5.18. The van der Waals surface area contributed by atoms with Gasteiger partial charge in [-0.2, -0.15) is 10.2 Å². The molecule has 5 nitrogen and oxygen atoms in total. The second-order valence-corrected chi connectivity index (χ2v) is 5.18. The largest absolute Gasteiger partial charge is 0.278 e. The van der Waals surface area contributed by atoms with Gasteiger partial charge in [-0.3, -0.25) is 10.2 Å². The molecule has 0 fully saturated rings. The first-order valence-electron chi connectivity index (χ1n) is 7.33. The molecule has 0 aromatic heterocycles. The third-order valence-corrected chi connectivity index (χ3v) is 3.29. The van der Waals surface area contributed by atoms with Crippen molar-refractivity contribution in [3.63, 3.8) is 0 Å². The van der Waals surface area contributed by atoms with E-state index in [9.17, 15) is 4.79 Å². The Hall–Kier alpha value is -2.95. The van der Waals surface area contributed by atoms with E-state index < -0.39 is 0 Å². The van der Waals surface area contributed by atoms with E-state index >= 15 is 0 Å². The summed E-state index contributed by atoms with van der Waals surface area (Å²) in [7, 11) is 0. The van der Waals surface area contributed by atoms with E-state index in [4.69, 9.17) is 0 Å². The summed E-state index contributed by atoms with van der Waals surface area (Å²) >= 11 is 0. The van der Waals surface area contributed by atoms with E-state index in [-0.39, 0.29) is 5.91 Å². The van der Waals surface area contributed by atoms with Crippen molar-refractivity contribution < 1.29 is 4.79 Å². The lowest BCUT2D eigenvalue weighted by molar-refractivity contribution is 0.0955. The van der Waals surface area contributed by atoms with Crippen molar-refractivity contribution in [2.24, 2.45) is 10.2 Å². The number of hydrazone groups is 2. The van der Waals surface area contributed by atoms with E-state index in [2.05, 4.69) is 21.1 Å². The van der Waals surface area contributed by atoms with Crippen LogP contribution in [0.3, 0.4) is 0 Å². The van der Waals surface area contributed by atoms with Crippen LogP contribution in [0, 0.1) is 6.92 Å². The molecule has 0 radical (unpaired) electrons. The SMILES string of the molecule is CC(=N\NC(=O)c1ccccc1)/C(C)=N/Nc1ccc(C)cc1. The molecule has 2 aromatic rings. The Morgan fingerprint density at radius 2 is 1.48 bits per heavy atom. The number of hydrogen-bond acceptors (Lipinski definition) is 4. The van der Waals surface area contributed by atoms with Crippen LogP contribution in [0.25, 0.3) is 0 Å². The summed E-state index contributed by atoms with van der Waals surface area (Å²) in [5.74, 6) is -0.246. The average molecular weight is 308 g/mol. The Morgan fingerprint density at radius 1 is 0.870 bits per heavy atom. The standard InChI is InChI=1S/C18H20N4O/c1-13-9-11-17(12-10-13)21-19-14(2)15(3)20-22-18(23)16-7-5-4-6-8-16/h4-12,21H,1-3H3,(H,22,23)/b19-14+,20-15+.